The van der Waals surface area contributed by atoms with Crippen LogP contribution in [0.5, 0.6) is 0 Å². The number of aromatic nitrogens is 1. The Morgan fingerprint density at radius 2 is 2.35 bits per heavy atom. The highest BCUT2D eigenvalue weighted by molar-refractivity contribution is 7.91. The minimum Gasteiger partial charge on any atom is -0.271 e. The molecule has 1 aromatic rings. The molecule has 3 N–H and O–H groups in total. The van der Waals surface area contributed by atoms with Gasteiger partial charge in [-0.3, -0.25) is 16.3 Å². The number of rotatable bonds is 3. The van der Waals surface area contributed by atoms with E-state index in [9.17, 15) is 12.8 Å². The van der Waals surface area contributed by atoms with Crippen molar-refractivity contribution in [1.29, 1.82) is 0 Å². The maximum absolute atomic E-state index is 13.6. The second-order valence-corrected chi connectivity index (χ2v) is 6.43. The molecule has 1 saturated heterocycles. The summed E-state index contributed by atoms with van der Waals surface area (Å²) in [6.07, 6.45) is 3.06. The summed E-state index contributed by atoms with van der Waals surface area (Å²) < 4.78 is 36.4. The van der Waals surface area contributed by atoms with E-state index in [1.54, 1.807) is 0 Å². The van der Waals surface area contributed by atoms with E-state index < -0.39 is 21.7 Å². The number of nitrogens with two attached hydrogens (primary N) is 1. The summed E-state index contributed by atoms with van der Waals surface area (Å²) in [5.74, 6) is 4.93. The number of pyridine rings is 1. The lowest BCUT2D eigenvalue weighted by Gasteiger charge is -2.22. The first-order chi connectivity index (χ1) is 8.03. The summed E-state index contributed by atoms with van der Waals surface area (Å²) in [6.45, 7) is 0. The molecule has 2 rings (SSSR count). The number of sulfone groups is 1. The van der Waals surface area contributed by atoms with Gasteiger partial charge in [0.05, 0.1) is 23.7 Å². The molecule has 5 nitrogen and oxygen atoms in total. The van der Waals surface area contributed by atoms with E-state index in [1.807, 2.05) is 0 Å². The average Bonchev–Trinajstić information content (AvgIpc) is 2.63. The summed E-state index contributed by atoms with van der Waals surface area (Å²) in [5.41, 5.74) is 2.87. The number of nitrogens with zero attached hydrogens (tertiary/aromatic N) is 1. The van der Waals surface area contributed by atoms with Gasteiger partial charge in [0.25, 0.3) is 0 Å². The van der Waals surface area contributed by atoms with E-state index in [4.69, 9.17) is 5.84 Å². The van der Waals surface area contributed by atoms with Gasteiger partial charge in [-0.05, 0) is 18.4 Å². The number of nitrogens with one attached hydrogen (secondary N) is 1. The third-order valence-corrected chi connectivity index (χ3v) is 4.85. The average molecular weight is 259 g/mol. The zero-order valence-electron chi connectivity index (χ0n) is 9.14. The van der Waals surface area contributed by atoms with Crippen LogP contribution in [-0.4, -0.2) is 24.9 Å². The van der Waals surface area contributed by atoms with E-state index >= 15 is 0 Å². The van der Waals surface area contributed by atoms with Crippen molar-refractivity contribution in [3.05, 3.63) is 29.8 Å². The minimum absolute atomic E-state index is 0.0453. The summed E-state index contributed by atoms with van der Waals surface area (Å²) in [7, 11) is -3.01. The molecular weight excluding hydrogens is 245 g/mol. The summed E-state index contributed by atoms with van der Waals surface area (Å²) in [6, 6.07) is 1.03. The monoisotopic (exact) mass is 259 g/mol. The predicted octanol–water partition coefficient (Wildman–Crippen LogP) is 0.160. The van der Waals surface area contributed by atoms with Gasteiger partial charge in [0.15, 0.2) is 9.84 Å². The standard InChI is InChI=1S/C10H14FN3O2S/c11-9-5-13-3-1-8(9)10(14-12)7-2-4-17(15,16)6-7/h1,3,5,7,10,14H,2,4,6,12H2. The van der Waals surface area contributed by atoms with Crippen molar-refractivity contribution in [3.8, 4) is 0 Å². The van der Waals surface area contributed by atoms with E-state index in [-0.39, 0.29) is 17.4 Å². The first-order valence-corrected chi connectivity index (χ1v) is 7.11. The fourth-order valence-electron chi connectivity index (χ4n) is 2.20. The van der Waals surface area contributed by atoms with Crippen molar-refractivity contribution >= 4 is 9.84 Å². The van der Waals surface area contributed by atoms with Gasteiger partial charge in [0, 0.05) is 11.8 Å². The summed E-state index contributed by atoms with van der Waals surface area (Å²) >= 11 is 0. The van der Waals surface area contributed by atoms with Crippen LogP contribution in [-0.2, 0) is 9.84 Å². The largest absolute Gasteiger partial charge is 0.271 e. The Kier molecular flexibility index (Phi) is 3.41. The Hall–Kier alpha value is -1.05. The molecule has 0 aliphatic carbocycles. The summed E-state index contributed by atoms with van der Waals surface area (Å²) in [5, 5.41) is 0. The molecular formula is C10H14FN3O2S. The first kappa shape index (κ1) is 12.4. The van der Waals surface area contributed by atoms with Crippen LogP contribution >= 0.6 is 0 Å². The Morgan fingerprint density at radius 1 is 1.59 bits per heavy atom. The molecule has 0 spiro atoms. The smallest absolute Gasteiger partial charge is 0.150 e. The van der Waals surface area contributed by atoms with Crippen LogP contribution in [0.25, 0.3) is 0 Å². The fraction of sp³-hybridized carbons (Fsp3) is 0.500. The SMILES string of the molecule is NNC(c1ccncc1F)C1CCS(=O)(=O)C1. The van der Waals surface area contributed by atoms with Gasteiger partial charge in [-0.25, -0.2) is 12.8 Å². The van der Waals surface area contributed by atoms with Crippen LogP contribution < -0.4 is 11.3 Å². The third-order valence-electron chi connectivity index (χ3n) is 3.06. The van der Waals surface area contributed by atoms with Gasteiger partial charge in [-0.1, -0.05) is 0 Å². The lowest BCUT2D eigenvalue weighted by molar-refractivity contribution is 0.385. The zero-order valence-corrected chi connectivity index (χ0v) is 9.95. The Balaban J connectivity index is 2.26. The predicted molar refractivity (Wildman–Crippen MR) is 61.0 cm³/mol. The van der Waals surface area contributed by atoms with Gasteiger partial charge < -0.3 is 0 Å². The number of hydrazine groups is 1. The van der Waals surface area contributed by atoms with Crippen molar-refractivity contribution in [2.45, 2.75) is 12.5 Å². The van der Waals surface area contributed by atoms with Crippen molar-refractivity contribution in [2.24, 2.45) is 11.8 Å². The molecule has 94 valence electrons. The van der Waals surface area contributed by atoms with E-state index in [0.717, 1.165) is 6.20 Å². The Labute approximate surface area is 99.1 Å². The lowest BCUT2D eigenvalue weighted by Crippen LogP contribution is -2.34. The van der Waals surface area contributed by atoms with Crippen LogP contribution in [0.1, 0.15) is 18.0 Å². The number of halogens is 1. The minimum atomic E-state index is -3.01. The van der Waals surface area contributed by atoms with Gasteiger partial charge in [0.1, 0.15) is 5.82 Å². The van der Waals surface area contributed by atoms with Gasteiger partial charge >= 0.3 is 0 Å². The molecule has 0 amide bonds. The molecule has 1 aliphatic rings. The number of hydrogen-bond acceptors (Lipinski definition) is 5. The van der Waals surface area contributed by atoms with Gasteiger partial charge in [-0.2, -0.15) is 0 Å². The van der Waals surface area contributed by atoms with Crippen LogP contribution in [0.15, 0.2) is 18.5 Å². The highest BCUT2D eigenvalue weighted by Gasteiger charge is 2.35. The van der Waals surface area contributed by atoms with E-state index in [1.165, 1.54) is 12.3 Å². The van der Waals surface area contributed by atoms with E-state index in [0.29, 0.717) is 12.0 Å². The summed E-state index contributed by atoms with van der Waals surface area (Å²) in [4.78, 5) is 3.65. The highest BCUT2D eigenvalue weighted by Crippen LogP contribution is 2.31. The van der Waals surface area contributed by atoms with Crippen LogP contribution in [0, 0.1) is 11.7 Å². The fourth-order valence-corrected chi connectivity index (χ4v) is 4.04. The van der Waals surface area contributed by atoms with Crippen LogP contribution in [0.4, 0.5) is 4.39 Å². The molecule has 2 heterocycles. The molecule has 0 bridgehead atoms. The molecule has 0 saturated carbocycles. The second-order valence-electron chi connectivity index (χ2n) is 4.20. The molecule has 1 fully saturated rings. The molecule has 7 heteroatoms. The second kappa shape index (κ2) is 4.67. The van der Waals surface area contributed by atoms with E-state index in [2.05, 4.69) is 10.4 Å². The molecule has 0 aromatic carbocycles. The molecule has 2 unspecified atom stereocenters. The van der Waals surface area contributed by atoms with Gasteiger partial charge in [-0.15, -0.1) is 0 Å². The van der Waals surface area contributed by atoms with Crippen LogP contribution in [0.2, 0.25) is 0 Å². The molecule has 1 aromatic heterocycles. The lowest BCUT2D eigenvalue weighted by atomic mass is 9.93. The number of hydrogen-bond donors (Lipinski definition) is 2. The van der Waals surface area contributed by atoms with Crippen molar-refractivity contribution < 1.29 is 12.8 Å². The Morgan fingerprint density at radius 3 is 2.88 bits per heavy atom. The Bertz CT molecular complexity index is 506. The topological polar surface area (TPSA) is 85.1 Å². The normalized spacial score (nSPS) is 24.7. The molecule has 0 radical (unpaired) electrons. The molecule has 1 aliphatic heterocycles. The third kappa shape index (κ3) is 2.62. The first-order valence-electron chi connectivity index (χ1n) is 5.29. The highest BCUT2D eigenvalue weighted by atomic mass is 32.2. The molecule has 2 atom stereocenters. The van der Waals surface area contributed by atoms with Crippen molar-refractivity contribution in [2.75, 3.05) is 11.5 Å². The van der Waals surface area contributed by atoms with Gasteiger partial charge in [0.2, 0.25) is 0 Å². The zero-order chi connectivity index (χ0) is 12.5. The van der Waals surface area contributed by atoms with Crippen molar-refractivity contribution in [1.82, 2.24) is 10.4 Å². The maximum Gasteiger partial charge on any atom is 0.150 e. The van der Waals surface area contributed by atoms with Crippen molar-refractivity contribution in [3.63, 3.8) is 0 Å². The molecule has 17 heavy (non-hydrogen) atoms. The maximum atomic E-state index is 13.6. The quantitative estimate of drug-likeness (QED) is 0.596. The van der Waals surface area contributed by atoms with Crippen LogP contribution in [0.3, 0.4) is 0 Å².